The van der Waals surface area contributed by atoms with Crippen LogP contribution in [0, 0.1) is 13.8 Å². The van der Waals surface area contributed by atoms with Crippen LogP contribution in [0.4, 0.5) is 0 Å². The van der Waals surface area contributed by atoms with E-state index in [-0.39, 0.29) is 5.91 Å². The summed E-state index contributed by atoms with van der Waals surface area (Å²) in [5.41, 5.74) is 4.62. The Kier molecular flexibility index (Phi) is 7.79. The van der Waals surface area contributed by atoms with Gasteiger partial charge in [0.15, 0.2) is 0 Å². The van der Waals surface area contributed by atoms with Crippen molar-refractivity contribution in [3.63, 3.8) is 0 Å². The van der Waals surface area contributed by atoms with Gasteiger partial charge in [0.2, 0.25) is 0 Å². The van der Waals surface area contributed by atoms with E-state index in [1.807, 2.05) is 35.7 Å². The van der Waals surface area contributed by atoms with Gasteiger partial charge in [0.05, 0.1) is 22.5 Å². The van der Waals surface area contributed by atoms with Gasteiger partial charge in [-0.05, 0) is 67.5 Å². The molecule has 1 amide bonds. The van der Waals surface area contributed by atoms with Crippen LogP contribution in [0.1, 0.15) is 45.9 Å². The monoisotopic (exact) mass is 461 g/mol. The van der Waals surface area contributed by atoms with E-state index in [4.69, 9.17) is 9.72 Å². The minimum Gasteiger partial charge on any atom is -0.491 e. The van der Waals surface area contributed by atoms with Crippen LogP contribution in [0.3, 0.4) is 0 Å². The molecule has 0 aliphatic rings. The van der Waals surface area contributed by atoms with Crippen molar-refractivity contribution in [3.05, 3.63) is 81.8 Å². The molecule has 172 valence electrons. The molecule has 2 aromatic heterocycles. The van der Waals surface area contributed by atoms with Crippen molar-refractivity contribution >= 4 is 28.3 Å². The summed E-state index contributed by atoms with van der Waals surface area (Å²) in [7, 11) is 0. The van der Waals surface area contributed by atoms with Crippen molar-refractivity contribution in [1.29, 1.82) is 0 Å². The predicted molar refractivity (Wildman–Crippen MR) is 135 cm³/mol. The SMILES string of the molecule is Cc1cccc(OCCn2c(CCCCCNC(=O)c3cccs3)nc3ccccc32)c1C. The summed E-state index contributed by atoms with van der Waals surface area (Å²) >= 11 is 1.47. The third-order valence-electron chi connectivity index (χ3n) is 5.97. The predicted octanol–water partition coefficient (Wildman–Crippen LogP) is 5.94. The van der Waals surface area contributed by atoms with E-state index in [1.54, 1.807) is 0 Å². The average molecular weight is 462 g/mol. The molecular weight excluding hydrogens is 430 g/mol. The van der Waals surface area contributed by atoms with E-state index in [0.717, 1.165) is 59.7 Å². The molecule has 0 atom stereocenters. The molecule has 5 nitrogen and oxygen atoms in total. The number of para-hydroxylation sites is 2. The number of hydrogen-bond donors (Lipinski definition) is 1. The molecule has 0 radical (unpaired) electrons. The molecular formula is C27H31N3O2S. The van der Waals surface area contributed by atoms with Crippen molar-refractivity contribution in [2.45, 2.75) is 46.1 Å². The van der Waals surface area contributed by atoms with Crippen LogP contribution in [-0.4, -0.2) is 28.6 Å². The van der Waals surface area contributed by atoms with Gasteiger partial charge < -0.3 is 14.6 Å². The number of fused-ring (bicyclic) bond motifs is 1. The number of rotatable bonds is 11. The smallest absolute Gasteiger partial charge is 0.261 e. The highest BCUT2D eigenvalue weighted by Crippen LogP contribution is 2.22. The number of nitrogens with zero attached hydrogens (tertiary/aromatic N) is 2. The second kappa shape index (κ2) is 11.1. The molecule has 0 aliphatic carbocycles. The molecule has 0 spiro atoms. The Morgan fingerprint density at radius 3 is 2.76 bits per heavy atom. The number of aryl methyl sites for hydroxylation is 2. The standard InChI is InChI=1S/C27H31N3O2S/c1-20-10-8-13-24(21(20)2)32-18-17-30-23-12-6-5-11-22(23)29-26(30)15-4-3-7-16-28-27(31)25-14-9-19-33-25/h5-6,8-14,19H,3-4,7,15-18H2,1-2H3,(H,28,31). The van der Waals surface area contributed by atoms with Crippen LogP contribution in [0.15, 0.2) is 60.0 Å². The van der Waals surface area contributed by atoms with E-state index in [0.29, 0.717) is 13.2 Å². The number of ether oxygens (including phenoxy) is 1. The number of aromatic nitrogens is 2. The number of benzene rings is 2. The number of thiophene rings is 1. The maximum Gasteiger partial charge on any atom is 0.261 e. The Morgan fingerprint density at radius 2 is 1.91 bits per heavy atom. The van der Waals surface area contributed by atoms with Crippen molar-refractivity contribution in [3.8, 4) is 5.75 Å². The average Bonchev–Trinajstić information content (AvgIpc) is 3.47. The summed E-state index contributed by atoms with van der Waals surface area (Å²) in [6.07, 6.45) is 3.97. The molecule has 4 rings (SSSR count). The van der Waals surface area contributed by atoms with E-state index in [1.165, 1.54) is 22.5 Å². The second-order valence-electron chi connectivity index (χ2n) is 8.26. The van der Waals surface area contributed by atoms with E-state index in [2.05, 4.69) is 48.0 Å². The van der Waals surface area contributed by atoms with Crippen LogP contribution >= 0.6 is 11.3 Å². The lowest BCUT2D eigenvalue weighted by Crippen LogP contribution is -2.23. The third-order valence-corrected chi connectivity index (χ3v) is 6.84. The zero-order valence-electron chi connectivity index (χ0n) is 19.3. The van der Waals surface area contributed by atoms with Crippen LogP contribution in [0.2, 0.25) is 0 Å². The molecule has 4 aromatic rings. The number of carbonyl (C=O) groups excluding carboxylic acids is 1. The molecule has 0 aliphatic heterocycles. The van der Waals surface area contributed by atoms with Crippen LogP contribution < -0.4 is 10.1 Å². The quantitative estimate of drug-likeness (QED) is 0.281. The van der Waals surface area contributed by atoms with Gasteiger partial charge in [-0.2, -0.15) is 0 Å². The summed E-state index contributed by atoms with van der Waals surface area (Å²) in [6, 6.07) is 18.2. The summed E-state index contributed by atoms with van der Waals surface area (Å²) in [5.74, 6) is 2.07. The number of unbranched alkanes of at least 4 members (excludes halogenated alkanes) is 2. The zero-order chi connectivity index (χ0) is 23.0. The highest BCUT2D eigenvalue weighted by molar-refractivity contribution is 7.12. The van der Waals surface area contributed by atoms with E-state index < -0.39 is 0 Å². The Hall–Kier alpha value is -3.12. The fourth-order valence-electron chi connectivity index (χ4n) is 3.97. The Morgan fingerprint density at radius 1 is 1.03 bits per heavy atom. The number of hydrogen-bond acceptors (Lipinski definition) is 4. The largest absolute Gasteiger partial charge is 0.491 e. The molecule has 2 heterocycles. The van der Waals surface area contributed by atoms with Crippen LogP contribution in [-0.2, 0) is 13.0 Å². The first-order valence-corrected chi connectivity index (χ1v) is 12.5. The highest BCUT2D eigenvalue weighted by atomic mass is 32.1. The summed E-state index contributed by atoms with van der Waals surface area (Å²) in [5, 5.41) is 4.93. The minimum absolute atomic E-state index is 0.0237. The minimum atomic E-state index is 0.0237. The van der Waals surface area contributed by atoms with Gasteiger partial charge in [0.1, 0.15) is 18.2 Å². The van der Waals surface area contributed by atoms with Gasteiger partial charge in [-0.3, -0.25) is 4.79 Å². The molecule has 0 unspecified atom stereocenters. The Labute approximate surface area is 199 Å². The lowest BCUT2D eigenvalue weighted by Gasteiger charge is -2.13. The fraction of sp³-hybridized carbons (Fsp3) is 0.333. The summed E-state index contributed by atoms with van der Waals surface area (Å²) in [4.78, 5) is 17.7. The van der Waals surface area contributed by atoms with Gasteiger partial charge in [-0.1, -0.05) is 36.8 Å². The normalized spacial score (nSPS) is 11.1. The molecule has 0 saturated carbocycles. The zero-order valence-corrected chi connectivity index (χ0v) is 20.2. The molecule has 0 saturated heterocycles. The highest BCUT2D eigenvalue weighted by Gasteiger charge is 2.11. The van der Waals surface area contributed by atoms with E-state index >= 15 is 0 Å². The molecule has 2 aromatic carbocycles. The first kappa shape index (κ1) is 23.1. The number of carbonyl (C=O) groups is 1. The van der Waals surface area contributed by atoms with Crippen molar-refractivity contribution in [2.75, 3.05) is 13.2 Å². The molecule has 33 heavy (non-hydrogen) atoms. The van der Waals surface area contributed by atoms with Crippen LogP contribution in [0.5, 0.6) is 5.75 Å². The number of nitrogens with one attached hydrogen (secondary N) is 1. The van der Waals surface area contributed by atoms with Gasteiger partial charge in [-0.15, -0.1) is 11.3 Å². The molecule has 6 heteroatoms. The first-order chi connectivity index (χ1) is 16.1. The van der Waals surface area contributed by atoms with Crippen LogP contribution in [0.25, 0.3) is 11.0 Å². The summed E-state index contributed by atoms with van der Waals surface area (Å²) in [6.45, 7) is 6.28. The Bertz CT molecular complexity index is 1200. The molecule has 0 fully saturated rings. The van der Waals surface area contributed by atoms with Crippen molar-refractivity contribution < 1.29 is 9.53 Å². The van der Waals surface area contributed by atoms with Gasteiger partial charge in [-0.25, -0.2) is 4.98 Å². The van der Waals surface area contributed by atoms with Crippen molar-refractivity contribution in [2.24, 2.45) is 0 Å². The van der Waals surface area contributed by atoms with Gasteiger partial charge in [0.25, 0.3) is 5.91 Å². The lowest BCUT2D eigenvalue weighted by molar-refractivity contribution is 0.0957. The fourth-order valence-corrected chi connectivity index (χ4v) is 4.61. The van der Waals surface area contributed by atoms with Gasteiger partial charge in [0, 0.05) is 13.0 Å². The van der Waals surface area contributed by atoms with E-state index in [9.17, 15) is 4.79 Å². The third kappa shape index (κ3) is 5.82. The number of imidazole rings is 1. The first-order valence-electron chi connectivity index (χ1n) is 11.6. The topological polar surface area (TPSA) is 56.1 Å². The molecule has 0 bridgehead atoms. The second-order valence-corrected chi connectivity index (χ2v) is 9.21. The lowest BCUT2D eigenvalue weighted by atomic mass is 10.1. The maximum absolute atomic E-state index is 12.0. The summed E-state index contributed by atoms with van der Waals surface area (Å²) < 4.78 is 8.41. The number of amides is 1. The molecule has 1 N–H and O–H groups in total. The maximum atomic E-state index is 12.0. The van der Waals surface area contributed by atoms with Crippen molar-refractivity contribution in [1.82, 2.24) is 14.9 Å². The van der Waals surface area contributed by atoms with Gasteiger partial charge >= 0.3 is 0 Å². The Balaban J connectivity index is 1.30.